The molecule has 0 unspecified atom stereocenters. The molecular formula is C12H25OSi. The van der Waals surface area contributed by atoms with Crippen molar-refractivity contribution in [3.63, 3.8) is 0 Å². The van der Waals surface area contributed by atoms with Crippen LogP contribution in [0.3, 0.4) is 0 Å². The molecule has 14 heavy (non-hydrogen) atoms. The zero-order valence-corrected chi connectivity index (χ0v) is 11.2. The lowest BCUT2D eigenvalue weighted by Crippen LogP contribution is -2.33. The Labute approximate surface area is 91.0 Å². The average molecular weight is 213 g/mol. The lowest BCUT2D eigenvalue weighted by atomic mass is 10.2. The van der Waals surface area contributed by atoms with Crippen molar-refractivity contribution in [2.45, 2.75) is 69.9 Å². The molecule has 0 aromatic heterocycles. The highest BCUT2D eigenvalue weighted by molar-refractivity contribution is 6.57. The predicted molar refractivity (Wildman–Crippen MR) is 63.9 cm³/mol. The summed E-state index contributed by atoms with van der Waals surface area (Å²) in [7, 11) is 1.30. The SMILES string of the molecule is CO[Si](C1CCCCCC1)C(C)(C)C. The van der Waals surface area contributed by atoms with Crippen LogP contribution >= 0.6 is 0 Å². The second kappa shape index (κ2) is 5.31. The molecule has 0 aliphatic heterocycles. The Hall–Kier alpha value is 0.177. The van der Waals surface area contributed by atoms with E-state index in [1.807, 2.05) is 7.11 Å². The lowest BCUT2D eigenvalue weighted by Gasteiger charge is -2.32. The third-order valence-electron chi connectivity index (χ3n) is 3.19. The van der Waals surface area contributed by atoms with Crippen LogP contribution in [0.2, 0.25) is 10.6 Å². The van der Waals surface area contributed by atoms with Crippen molar-refractivity contribution >= 4 is 9.04 Å². The van der Waals surface area contributed by atoms with Crippen LogP contribution in [0, 0.1) is 0 Å². The van der Waals surface area contributed by atoms with Gasteiger partial charge in [0, 0.05) is 7.11 Å². The van der Waals surface area contributed by atoms with Gasteiger partial charge in [-0.15, -0.1) is 0 Å². The molecule has 0 spiro atoms. The van der Waals surface area contributed by atoms with Gasteiger partial charge < -0.3 is 4.43 Å². The molecule has 0 heterocycles. The van der Waals surface area contributed by atoms with E-state index >= 15 is 0 Å². The van der Waals surface area contributed by atoms with Crippen molar-refractivity contribution in [1.82, 2.24) is 0 Å². The fraction of sp³-hybridized carbons (Fsp3) is 1.00. The molecule has 2 heteroatoms. The van der Waals surface area contributed by atoms with Gasteiger partial charge in [-0.2, -0.15) is 0 Å². The third-order valence-corrected chi connectivity index (χ3v) is 6.42. The smallest absolute Gasteiger partial charge is 0.219 e. The highest BCUT2D eigenvalue weighted by atomic mass is 28.3. The minimum absolute atomic E-state index is 0.397. The Balaban J connectivity index is 2.58. The molecule has 0 aromatic rings. The molecule has 83 valence electrons. The summed E-state index contributed by atoms with van der Waals surface area (Å²) in [5, 5.41) is 0.397. The summed E-state index contributed by atoms with van der Waals surface area (Å²) < 4.78 is 5.81. The Morgan fingerprint density at radius 1 is 1.00 bits per heavy atom. The van der Waals surface area contributed by atoms with Crippen LogP contribution in [0.4, 0.5) is 0 Å². The topological polar surface area (TPSA) is 9.23 Å². The first-order valence-corrected chi connectivity index (χ1v) is 7.45. The predicted octanol–water partition coefficient (Wildman–Crippen LogP) is 4.15. The van der Waals surface area contributed by atoms with Crippen LogP contribution in [-0.4, -0.2) is 16.2 Å². The molecule has 1 aliphatic rings. The second-order valence-electron chi connectivity index (χ2n) is 5.51. The van der Waals surface area contributed by atoms with Gasteiger partial charge in [-0.1, -0.05) is 59.3 Å². The molecule has 1 radical (unpaired) electrons. The fourth-order valence-electron chi connectivity index (χ4n) is 2.63. The molecule has 0 saturated heterocycles. The van der Waals surface area contributed by atoms with Crippen LogP contribution < -0.4 is 0 Å². The monoisotopic (exact) mass is 213 g/mol. The van der Waals surface area contributed by atoms with Crippen LogP contribution in [-0.2, 0) is 4.43 Å². The number of hydrogen-bond acceptors (Lipinski definition) is 1. The van der Waals surface area contributed by atoms with Crippen LogP contribution in [0.15, 0.2) is 0 Å². The molecule has 1 rings (SSSR count). The van der Waals surface area contributed by atoms with E-state index in [1.165, 1.54) is 38.5 Å². The summed E-state index contributed by atoms with van der Waals surface area (Å²) in [5.41, 5.74) is 0.896. The van der Waals surface area contributed by atoms with Crippen molar-refractivity contribution < 1.29 is 4.43 Å². The highest BCUT2D eigenvalue weighted by Gasteiger charge is 2.35. The summed E-state index contributed by atoms with van der Waals surface area (Å²) in [6.45, 7) is 7.03. The molecule has 1 aliphatic carbocycles. The molecule has 0 bridgehead atoms. The van der Waals surface area contributed by atoms with E-state index in [-0.39, 0.29) is 0 Å². The van der Waals surface area contributed by atoms with Gasteiger partial charge in [0.2, 0.25) is 9.04 Å². The minimum atomic E-state index is -0.623. The zero-order chi connectivity index (χ0) is 10.6. The van der Waals surface area contributed by atoms with Crippen molar-refractivity contribution in [3.05, 3.63) is 0 Å². The Kier molecular flexibility index (Phi) is 4.65. The van der Waals surface area contributed by atoms with Gasteiger partial charge in [-0.05, 0) is 10.6 Å². The molecule has 1 fully saturated rings. The van der Waals surface area contributed by atoms with Crippen LogP contribution in [0.25, 0.3) is 0 Å². The van der Waals surface area contributed by atoms with Gasteiger partial charge in [-0.3, -0.25) is 0 Å². The lowest BCUT2D eigenvalue weighted by molar-refractivity contribution is 0.368. The van der Waals surface area contributed by atoms with Crippen molar-refractivity contribution in [2.75, 3.05) is 7.11 Å². The maximum atomic E-state index is 5.81. The summed E-state index contributed by atoms with van der Waals surface area (Å²) in [5.74, 6) is 0. The molecule has 1 nitrogen and oxygen atoms in total. The third kappa shape index (κ3) is 3.39. The molecule has 1 saturated carbocycles. The van der Waals surface area contributed by atoms with Gasteiger partial charge in [0.1, 0.15) is 0 Å². The standard InChI is InChI=1S/C12H25OSi/c1-12(2,3)14(13-4)11-9-7-5-6-8-10-11/h11H,5-10H2,1-4H3. The van der Waals surface area contributed by atoms with E-state index in [1.54, 1.807) is 0 Å². The zero-order valence-electron chi connectivity index (χ0n) is 10.2. The Morgan fingerprint density at radius 3 is 1.86 bits per heavy atom. The fourth-order valence-corrected chi connectivity index (χ4v) is 5.73. The molecular weight excluding hydrogens is 188 g/mol. The summed E-state index contributed by atoms with van der Waals surface area (Å²) in [4.78, 5) is 0. The molecule has 0 N–H and O–H groups in total. The molecule has 0 aromatic carbocycles. The highest BCUT2D eigenvalue weighted by Crippen LogP contribution is 2.40. The number of hydrogen-bond donors (Lipinski definition) is 0. The summed E-state index contributed by atoms with van der Waals surface area (Å²) in [6.07, 6.45) is 8.58. The second-order valence-corrected chi connectivity index (χ2v) is 8.96. The molecule has 0 atom stereocenters. The van der Waals surface area contributed by atoms with Gasteiger partial charge in [-0.25, -0.2) is 0 Å². The van der Waals surface area contributed by atoms with Crippen molar-refractivity contribution in [1.29, 1.82) is 0 Å². The van der Waals surface area contributed by atoms with Gasteiger partial charge >= 0.3 is 0 Å². The van der Waals surface area contributed by atoms with Crippen molar-refractivity contribution in [3.8, 4) is 0 Å². The first-order chi connectivity index (χ1) is 6.55. The van der Waals surface area contributed by atoms with Gasteiger partial charge in [0.05, 0.1) is 0 Å². The maximum Gasteiger partial charge on any atom is 0.219 e. The van der Waals surface area contributed by atoms with Gasteiger partial charge in [0.15, 0.2) is 0 Å². The maximum absolute atomic E-state index is 5.81. The summed E-state index contributed by atoms with van der Waals surface area (Å²) in [6, 6.07) is 0. The normalized spacial score (nSPS) is 21.2. The van der Waals surface area contributed by atoms with E-state index in [4.69, 9.17) is 4.43 Å². The number of rotatable bonds is 2. The van der Waals surface area contributed by atoms with Crippen LogP contribution in [0.1, 0.15) is 59.3 Å². The minimum Gasteiger partial charge on any atom is -0.419 e. The molecule has 0 amide bonds. The summed E-state index contributed by atoms with van der Waals surface area (Å²) >= 11 is 0. The quantitative estimate of drug-likeness (QED) is 0.494. The van der Waals surface area contributed by atoms with E-state index in [9.17, 15) is 0 Å². The van der Waals surface area contributed by atoms with Gasteiger partial charge in [0.25, 0.3) is 0 Å². The van der Waals surface area contributed by atoms with E-state index in [0.29, 0.717) is 5.04 Å². The first-order valence-electron chi connectivity index (χ1n) is 5.97. The van der Waals surface area contributed by atoms with Crippen LogP contribution in [0.5, 0.6) is 0 Å². The Bertz CT molecular complexity index is 154. The van der Waals surface area contributed by atoms with E-state index in [2.05, 4.69) is 20.8 Å². The van der Waals surface area contributed by atoms with Crippen molar-refractivity contribution in [2.24, 2.45) is 0 Å². The van der Waals surface area contributed by atoms with E-state index in [0.717, 1.165) is 5.54 Å². The Morgan fingerprint density at radius 2 is 1.50 bits per heavy atom. The largest absolute Gasteiger partial charge is 0.419 e. The van der Waals surface area contributed by atoms with E-state index < -0.39 is 9.04 Å². The first kappa shape index (κ1) is 12.2. The average Bonchev–Trinajstić information content (AvgIpc) is 2.31.